The highest BCUT2D eigenvalue weighted by atomic mass is 16.4. The molecule has 1 atom stereocenters. The number of hydrogen-bond donors (Lipinski definition) is 2. The summed E-state index contributed by atoms with van der Waals surface area (Å²) in [5, 5.41) is 11.9. The lowest BCUT2D eigenvalue weighted by atomic mass is 10.0. The summed E-state index contributed by atoms with van der Waals surface area (Å²) in [5.74, 6) is -0.175. The van der Waals surface area contributed by atoms with Gasteiger partial charge in [0.15, 0.2) is 0 Å². The zero-order valence-electron chi connectivity index (χ0n) is 11.1. The number of nitrogens with one attached hydrogen (secondary N) is 1. The summed E-state index contributed by atoms with van der Waals surface area (Å²) in [7, 11) is 0. The van der Waals surface area contributed by atoms with Gasteiger partial charge in [0, 0.05) is 13.0 Å². The molecule has 3 nitrogen and oxygen atoms in total. The maximum atomic E-state index is 10.3. The molecule has 0 aliphatic heterocycles. The van der Waals surface area contributed by atoms with Crippen LogP contribution < -0.4 is 5.32 Å². The molecule has 1 unspecified atom stereocenters. The molecule has 0 radical (unpaired) electrons. The zero-order chi connectivity index (χ0) is 13.2. The van der Waals surface area contributed by atoms with E-state index in [-0.39, 0.29) is 0 Å². The largest absolute Gasteiger partial charge is 0.481 e. The molecule has 0 amide bonds. The predicted molar refractivity (Wildman–Crippen MR) is 73.8 cm³/mol. The van der Waals surface area contributed by atoms with Gasteiger partial charge in [0.25, 0.3) is 0 Å². The van der Waals surface area contributed by atoms with Crippen molar-refractivity contribution in [2.45, 2.75) is 38.5 Å². The lowest BCUT2D eigenvalue weighted by Gasteiger charge is -2.12. The van der Waals surface area contributed by atoms with E-state index >= 15 is 0 Å². The van der Waals surface area contributed by atoms with Crippen LogP contribution >= 0.6 is 0 Å². The Bertz CT molecular complexity index is 338. The van der Waals surface area contributed by atoms with E-state index in [4.69, 9.17) is 5.11 Å². The van der Waals surface area contributed by atoms with Crippen molar-refractivity contribution in [3.63, 3.8) is 0 Å². The van der Waals surface area contributed by atoms with E-state index in [0.717, 1.165) is 32.4 Å². The molecular weight excluding hydrogens is 226 g/mol. The minimum Gasteiger partial charge on any atom is -0.481 e. The zero-order valence-corrected chi connectivity index (χ0v) is 11.1. The van der Waals surface area contributed by atoms with E-state index in [9.17, 15) is 4.79 Å². The Morgan fingerprint density at radius 2 is 1.94 bits per heavy atom. The number of carbonyl (C=O) groups is 1. The van der Waals surface area contributed by atoms with Gasteiger partial charge in [-0.05, 0) is 30.9 Å². The number of unbranched alkanes of at least 4 members (excludes halogenated alkanes) is 2. The summed E-state index contributed by atoms with van der Waals surface area (Å²) in [6.07, 6.45) is 3.11. The highest BCUT2D eigenvalue weighted by Gasteiger charge is 2.03. The highest BCUT2D eigenvalue weighted by Crippen LogP contribution is 2.12. The first kappa shape index (κ1) is 14.7. The van der Waals surface area contributed by atoms with Crippen LogP contribution in [0.15, 0.2) is 30.3 Å². The highest BCUT2D eigenvalue weighted by molar-refractivity contribution is 5.66. The molecule has 0 saturated carbocycles. The molecule has 100 valence electrons. The minimum absolute atomic E-state index is 0.292. The normalized spacial score (nSPS) is 12.3. The van der Waals surface area contributed by atoms with E-state index in [1.54, 1.807) is 0 Å². The molecule has 0 bridgehead atoms. The number of aliphatic carboxylic acids is 1. The Labute approximate surface area is 109 Å². The molecule has 0 aliphatic rings. The average molecular weight is 249 g/mol. The van der Waals surface area contributed by atoms with Crippen molar-refractivity contribution in [2.75, 3.05) is 13.1 Å². The number of hydrogen-bond acceptors (Lipinski definition) is 2. The fraction of sp³-hybridized carbons (Fsp3) is 0.533. The van der Waals surface area contributed by atoms with Crippen molar-refractivity contribution >= 4 is 5.97 Å². The second-order valence-corrected chi connectivity index (χ2v) is 4.72. The van der Waals surface area contributed by atoms with E-state index in [1.807, 2.05) is 6.07 Å². The van der Waals surface area contributed by atoms with E-state index < -0.39 is 5.97 Å². The molecule has 1 rings (SSSR count). The van der Waals surface area contributed by atoms with Crippen LogP contribution in [0, 0.1) is 0 Å². The average Bonchev–Trinajstić information content (AvgIpc) is 2.38. The molecule has 1 aromatic rings. The third-order valence-corrected chi connectivity index (χ3v) is 3.06. The Balaban J connectivity index is 2.03. The summed E-state index contributed by atoms with van der Waals surface area (Å²) >= 11 is 0. The lowest BCUT2D eigenvalue weighted by molar-refractivity contribution is -0.137. The Kier molecular flexibility index (Phi) is 7.11. The summed E-state index contributed by atoms with van der Waals surface area (Å²) in [6, 6.07) is 10.5. The van der Waals surface area contributed by atoms with Gasteiger partial charge in [0.1, 0.15) is 0 Å². The van der Waals surface area contributed by atoms with Gasteiger partial charge in [-0.15, -0.1) is 0 Å². The predicted octanol–water partition coefficient (Wildman–Crippen LogP) is 3.02. The fourth-order valence-corrected chi connectivity index (χ4v) is 1.92. The SMILES string of the molecule is CC(CNCCCCCC(=O)O)c1ccccc1. The molecule has 0 heterocycles. The quantitative estimate of drug-likeness (QED) is 0.661. The molecule has 0 fully saturated rings. The molecule has 18 heavy (non-hydrogen) atoms. The van der Waals surface area contributed by atoms with E-state index in [2.05, 4.69) is 36.5 Å². The molecule has 0 aromatic heterocycles. The number of benzene rings is 1. The van der Waals surface area contributed by atoms with Crippen molar-refractivity contribution in [1.29, 1.82) is 0 Å². The van der Waals surface area contributed by atoms with Crippen LogP contribution in [0.25, 0.3) is 0 Å². The second kappa shape index (κ2) is 8.70. The number of carboxylic acids is 1. The molecule has 0 saturated heterocycles. The van der Waals surface area contributed by atoms with E-state index in [1.165, 1.54) is 5.56 Å². The number of rotatable bonds is 9. The van der Waals surface area contributed by atoms with Crippen molar-refractivity contribution in [2.24, 2.45) is 0 Å². The summed E-state index contributed by atoms with van der Waals surface area (Å²) in [6.45, 7) is 4.16. The maximum Gasteiger partial charge on any atom is 0.303 e. The number of carboxylic acid groups (broad SMARTS) is 1. The van der Waals surface area contributed by atoms with Crippen molar-refractivity contribution in [1.82, 2.24) is 5.32 Å². The lowest BCUT2D eigenvalue weighted by Crippen LogP contribution is -2.21. The summed E-state index contributed by atoms with van der Waals surface area (Å²) in [5.41, 5.74) is 1.36. The first-order valence-corrected chi connectivity index (χ1v) is 6.67. The first-order chi connectivity index (χ1) is 8.70. The smallest absolute Gasteiger partial charge is 0.303 e. The Morgan fingerprint density at radius 1 is 1.22 bits per heavy atom. The molecular formula is C15H23NO2. The molecule has 0 aliphatic carbocycles. The van der Waals surface area contributed by atoms with Gasteiger partial charge in [-0.25, -0.2) is 0 Å². The van der Waals surface area contributed by atoms with E-state index in [0.29, 0.717) is 12.3 Å². The van der Waals surface area contributed by atoms with Crippen molar-refractivity contribution < 1.29 is 9.90 Å². The first-order valence-electron chi connectivity index (χ1n) is 6.67. The fourth-order valence-electron chi connectivity index (χ4n) is 1.92. The third-order valence-electron chi connectivity index (χ3n) is 3.06. The molecule has 2 N–H and O–H groups in total. The Morgan fingerprint density at radius 3 is 2.61 bits per heavy atom. The minimum atomic E-state index is -0.694. The van der Waals surface area contributed by atoms with Crippen LogP contribution in [-0.4, -0.2) is 24.2 Å². The maximum absolute atomic E-state index is 10.3. The Hall–Kier alpha value is -1.35. The second-order valence-electron chi connectivity index (χ2n) is 4.72. The monoisotopic (exact) mass is 249 g/mol. The molecule has 3 heteroatoms. The van der Waals surface area contributed by atoms with Crippen LogP contribution in [0.2, 0.25) is 0 Å². The van der Waals surface area contributed by atoms with Crippen molar-refractivity contribution in [3.05, 3.63) is 35.9 Å². The van der Waals surface area contributed by atoms with Gasteiger partial charge >= 0.3 is 5.97 Å². The van der Waals surface area contributed by atoms with Gasteiger partial charge in [0.2, 0.25) is 0 Å². The van der Waals surface area contributed by atoms with Crippen LogP contribution in [0.4, 0.5) is 0 Å². The van der Waals surface area contributed by atoms with Gasteiger partial charge in [-0.2, -0.15) is 0 Å². The van der Waals surface area contributed by atoms with Crippen molar-refractivity contribution in [3.8, 4) is 0 Å². The van der Waals surface area contributed by atoms with Crippen LogP contribution in [-0.2, 0) is 4.79 Å². The van der Waals surface area contributed by atoms with Gasteiger partial charge in [0.05, 0.1) is 0 Å². The molecule has 0 spiro atoms. The topological polar surface area (TPSA) is 49.3 Å². The van der Waals surface area contributed by atoms with Crippen LogP contribution in [0.3, 0.4) is 0 Å². The van der Waals surface area contributed by atoms with Crippen LogP contribution in [0.5, 0.6) is 0 Å². The third kappa shape index (κ3) is 6.40. The standard InChI is InChI=1S/C15H23NO2/c1-13(14-8-4-2-5-9-14)12-16-11-7-3-6-10-15(17)18/h2,4-5,8-9,13,16H,3,6-7,10-12H2,1H3,(H,17,18). The van der Waals surface area contributed by atoms with Gasteiger partial charge in [-0.1, -0.05) is 43.7 Å². The van der Waals surface area contributed by atoms with Crippen LogP contribution in [0.1, 0.15) is 44.1 Å². The summed E-state index contributed by atoms with van der Waals surface area (Å²) in [4.78, 5) is 10.3. The van der Waals surface area contributed by atoms with Gasteiger partial charge in [-0.3, -0.25) is 4.79 Å². The van der Waals surface area contributed by atoms with Gasteiger partial charge < -0.3 is 10.4 Å². The summed E-state index contributed by atoms with van der Waals surface area (Å²) < 4.78 is 0. The molecule has 1 aromatic carbocycles.